The topological polar surface area (TPSA) is 67.4 Å². The average molecular weight is 292 g/mol. The summed E-state index contributed by atoms with van der Waals surface area (Å²) in [5, 5.41) is 3.03. The number of sulfonamides is 1. The van der Waals surface area contributed by atoms with Crippen LogP contribution in [0.1, 0.15) is 0 Å². The van der Waals surface area contributed by atoms with Crippen molar-refractivity contribution in [2.24, 2.45) is 0 Å². The maximum atomic E-state index is 13.4. The minimum absolute atomic E-state index is 0.0386. The quantitative estimate of drug-likeness (QED) is 0.834. The van der Waals surface area contributed by atoms with Crippen molar-refractivity contribution >= 4 is 10.0 Å². The van der Waals surface area contributed by atoms with Crippen LogP contribution in [0.15, 0.2) is 23.1 Å². The largest absolute Gasteiger partial charge is 0.374 e. The molecule has 1 saturated heterocycles. The van der Waals surface area contributed by atoms with E-state index in [4.69, 9.17) is 4.74 Å². The van der Waals surface area contributed by atoms with Crippen LogP contribution in [-0.2, 0) is 14.8 Å². The average Bonchev–Trinajstić information content (AvgIpc) is 2.37. The van der Waals surface area contributed by atoms with Gasteiger partial charge in [0.15, 0.2) is 4.90 Å². The summed E-state index contributed by atoms with van der Waals surface area (Å²) in [6.45, 7) is 1.62. The van der Waals surface area contributed by atoms with Gasteiger partial charge in [0.2, 0.25) is 10.0 Å². The lowest BCUT2D eigenvalue weighted by Gasteiger charge is -2.23. The van der Waals surface area contributed by atoms with E-state index in [-0.39, 0.29) is 12.6 Å². The highest BCUT2D eigenvalue weighted by Crippen LogP contribution is 2.17. The maximum Gasteiger partial charge on any atom is 0.246 e. The molecule has 19 heavy (non-hydrogen) atoms. The summed E-state index contributed by atoms with van der Waals surface area (Å²) in [5.41, 5.74) is 0. The number of rotatable bonds is 4. The van der Waals surface area contributed by atoms with Crippen LogP contribution >= 0.6 is 0 Å². The molecule has 106 valence electrons. The lowest BCUT2D eigenvalue weighted by Crippen LogP contribution is -2.45. The monoisotopic (exact) mass is 292 g/mol. The normalized spacial score (nSPS) is 20.4. The molecular weight excluding hydrogens is 278 g/mol. The van der Waals surface area contributed by atoms with Gasteiger partial charge in [0.1, 0.15) is 11.6 Å². The number of hydrogen-bond donors (Lipinski definition) is 2. The van der Waals surface area contributed by atoms with Crippen LogP contribution < -0.4 is 10.0 Å². The van der Waals surface area contributed by atoms with Gasteiger partial charge < -0.3 is 10.1 Å². The first-order valence-electron chi connectivity index (χ1n) is 5.77. The van der Waals surface area contributed by atoms with Crippen molar-refractivity contribution < 1.29 is 21.9 Å². The standard InChI is InChI=1S/C11H14F2N2O3S/c12-9-2-1-3-10(13)11(9)19(16,17)15-7-8-6-14-4-5-18-8/h1-3,8,14-15H,4-7H2. The van der Waals surface area contributed by atoms with E-state index in [1.54, 1.807) is 0 Å². The van der Waals surface area contributed by atoms with Gasteiger partial charge in [0.05, 0.1) is 12.7 Å². The molecule has 0 saturated carbocycles. The summed E-state index contributed by atoms with van der Waals surface area (Å²) in [5.74, 6) is -2.23. The summed E-state index contributed by atoms with van der Waals surface area (Å²) < 4.78 is 58.0. The minimum Gasteiger partial charge on any atom is -0.374 e. The molecule has 1 aromatic carbocycles. The van der Waals surface area contributed by atoms with Crippen molar-refractivity contribution in [3.63, 3.8) is 0 Å². The molecule has 0 radical (unpaired) electrons. The first-order chi connectivity index (χ1) is 9.00. The van der Waals surface area contributed by atoms with E-state index in [9.17, 15) is 17.2 Å². The molecule has 0 amide bonds. The number of benzene rings is 1. The van der Waals surface area contributed by atoms with Gasteiger partial charge >= 0.3 is 0 Å². The third-order valence-electron chi connectivity index (χ3n) is 2.69. The van der Waals surface area contributed by atoms with E-state index in [0.717, 1.165) is 18.2 Å². The Kier molecular flexibility index (Phi) is 4.46. The Bertz CT molecular complexity index is 525. The summed E-state index contributed by atoms with van der Waals surface area (Å²) in [6, 6.07) is 2.91. The molecule has 0 bridgehead atoms. The van der Waals surface area contributed by atoms with Gasteiger partial charge in [-0.05, 0) is 12.1 Å². The van der Waals surface area contributed by atoms with Crippen LogP contribution in [-0.4, -0.2) is 40.8 Å². The summed E-state index contributed by atoms with van der Waals surface area (Å²) in [4.78, 5) is -0.959. The molecule has 1 heterocycles. The second kappa shape index (κ2) is 5.91. The molecule has 1 aromatic rings. The van der Waals surface area contributed by atoms with Gasteiger partial charge in [0.25, 0.3) is 0 Å². The zero-order chi connectivity index (χ0) is 13.9. The molecule has 2 rings (SSSR count). The van der Waals surface area contributed by atoms with Gasteiger partial charge in [0, 0.05) is 19.6 Å². The van der Waals surface area contributed by atoms with Crippen LogP contribution in [0.25, 0.3) is 0 Å². The lowest BCUT2D eigenvalue weighted by molar-refractivity contribution is 0.0324. The molecule has 2 N–H and O–H groups in total. The van der Waals surface area contributed by atoms with E-state index in [0.29, 0.717) is 19.7 Å². The van der Waals surface area contributed by atoms with Gasteiger partial charge in [-0.15, -0.1) is 0 Å². The second-order valence-corrected chi connectivity index (χ2v) is 5.80. The lowest BCUT2D eigenvalue weighted by atomic mass is 10.3. The maximum absolute atomic E-state index is 13.4. The Balaban J connectivity index is 2.09. The Morgan fingerprint density at radius 3 is 2.63 bits per heavy atom. The first-order valence-corrected chi connectivity index (χ1v) is 7.25. The van der Waals surface area contributed by atoms with Gasteiger partial charge in [-0.3, -0.25) is 0 Å². The van der Waals surface area contributed by atoms with E-state index < -0.39 is 26.6 Å². The summed E-state index contributed by atoms with van der Waals surface area (Å²) >= 11 is 0. The van der Waals surface area contributed by atoms with Crippen LogP contribution in [0, 0.1) is 11.6 Å². The summed E-state index contributed by atoms with van der Waals surface area (Å²) in [7, 11) is -4.23. The highest BCUT2D eigenvalue weighted by atomic mass is 32.2. The second-order valence-electron chi connectivity index (χ2n) is 4.10. The van der Waals surface area contributed by atoms with E-state index in [2.05, 4.69) is 10.0 Å². The molecule has 1 fully saturated rings. The Labute approximate surface area is 110 Å². The molecular formula is C11H14F2N2O3S. The zero-order valence-electron chi connectivity index (χ0n) is 10.0. The minimum atomic E-state index is -4.23. The van der Waals surface area contributed by atoms with Crippen LogP contribution in [0.4, 0.5) is 8.78 Å². The SMILES string of the molecule is O=S(=O)(NCC1CNCCO1)c1c(F)cccc1F. The van der Waals surface area contributed by atoms with Crippen molar-refractivity contribution in [3.8, 4) is 0 Å². The summed E-state index contributed by atoms with van der Waals surface area (Å²) in [6.07, 6.45) is -0.349. The molecule has 1 unspecified atom stereocenters. The highest BCUT2D eigenvalue weighted by molar-refractivity contribution is 7.89. The van der Waals surface area contributed by atoms with Crippen molar-refractivity contribution in [2.45, 2.75) is 11.0 Å². The number of morpholine rings is 1. The third-order valence-corrected chi connectivity index (χ3v) is 4.17. The van der Waals surface area contributed by atoms with Crippen LogP contribution in [0.2, 0.25) is 0 Å². The molecule has 0 aromatic heterocycles. The molecule has 8 heteroatoms. The highest BCUT2D eigenvalue weighted by Gasteiger charge is 2.25. The van der Waals surface area contributed by atoms with Gasteiger partial charge in [-0.25, -0.2) is 21.9 Å². The number of halogens is 2. The van der Waals surface area contributed by atoms with Crippen molar-refractivity contribution in [2.75, 3.05) is 26.2 Å². The van der Waals surface area contributed by atoms with Gasteiger partial charge in [-0.1, -0.05) is 6.07 Å². The Hall–Kier alpha value is -1.09. The van der Waals surface area contributed by atoms with Crippen LogP contribution in [0.3, 0.4) is 0 Å². The number of ether oxygens (including phenoxy) is 1. The fourth-order valence-electron chi connectivity index (χ4n) is 1.76. The molecule has 0 spiro atoms. The van der Waals surface area contributed by atoms with Crippen molar-refractivity contribution in [1.29, 1.82) is 0 Å². The van der Waals surface area contributed by atoms with Crippen LogP contribution in [0.5, 0.6) is 0 Å². The van der Waals surface area contributed by atoms with E-state index in [1.165, 1.54) is 0 Å². The smallest absolute Gasteiger partial charge is 0.246 e. The first kappa shape index (κ1) is 14.3. The molecule has 1 aliphatic rings. The predicted octanol–water partition coefficient (Wildman–Crippen LogP) is 0.231. The Morgan fingerprint density at radius 2 is 2.05 bits per heavy atom. The molecule has 1 atom stereocenters. The number of hydrogen-bond acceptors (Lipinski definition) is 4. The molecule has 5 nitrogen and oxygen atoms in total. The third kappa shape index (κ3) is 3.47. The van der Waals surface area contributed by atoms with Gasteiger partial charge in [-0.2, -0.15) is 0 Å². The van der Waals surface area contributed by atoms with E-state index >= 15 is 0 Å². The predicted molar refractivity (Wildman–Crippen MR) is 64.2 cm³/mol. The van der Waals surface area contributed by atoms with Crippen molar-refractivity contribution in [3.05, 3.63) is 29.8 Å². The van der Waals surface area contributed by atoms with Crippen molar-refractivity contribution in [1.82, 2.24) is 10.0 Å². The zero-order valence-corrected chi connectivity index (χ0v) is 10.8. The Morgan fingerprint density at radius 1 is 1.37 bits per heavy atom. The molecule has 1 aliphatic heterocycles. The number of nitrogens with one attached hydrogen (secondary N) is 2. The van der Waals surface area contributed by atoms with E-state index in [1.807, 2.05) is 0 Å². The molecule has 0 aliphatic carbocycles. The fourth-order valence-corrected chi connectivity index (χ4v) is 2.96. The fraction of sp³-hybridized carbons (Fsp3) is 0.455.